The van der Waals surface area contributed by atoms with E-state index >= 15 is 0 Å². The normalized spacial score (nSPS) is 13.8. The van der Waals surface area contributed by atoms with Crippen molar-refractivity contribution in [2.45, 2.75) is 32.7 Å². The van der Waals surface area contributed by atoms with Crippen LogP contribution in [0.1, 0.15) is 36.7 Å². The fraction of sp³-hybridized carbons (Fsp3) is 0.333. The number of rotatable bonds is 6. The zero-order chi connectivity index (χ0) is 17.2. The van der Waals surface area contributed by atoms with Gasteiger partial charge in [0.05, 0.1) is 17.7 Å². The van der Waals surface area contributed by atoms with Crippen molar-refractivity contribution in [3.8, 4) is 11.8 Å². The second-order valence-electron chi connectivity index (χ2n) is 6.62. The zero-order valence-electron chi connectivity index (χ0n) is 14.4. The van der Waals surface area contributed by atoms with Crippen LogP contribution in [0.15, 0.2) is 42.5 Å². The molecule has 1 heterocycles. The van der Waals surface area contributed by atoms with Gasteiger partial charge >= 0.3 is 0 Å². The van der Waals surface area contributed by atoms with Gasteiger partial charge in [-0.3, -0.25) is 0 Å². The highest BCUT2D eigenvalue weighted by molar-refractivity contribution is 5.82. The third kappa shape index (κ3) is 3.23. The van der Waals surface area contributed by atoms with Gasteiger partial charge in [0.2, 0.25) is 0 Å². The topological polar surface area (TPSA) is 50.8 Å². The highest BCUT2D eigenvalue weighted by atomic mass is 16.5. The Hall–Kier alpha value is -2.80. The summed E-state index contributed by atoms with van der Waals surface area (Å²) < 4.78 is 7.83. The minimum absolute atomic E-state index is 0.653. The summed E-state index contributed by atoms with van der Waals surface area (Å²) >= 11 is 0. The van der Waals surface area contributed by atoms with Gasteiger partial charge in [-0.15, -0.1) is 0 Å². The number of hydrogen-bond donors (Lipinski definition) is 0. The molecule has 4 nitrogen and oxygen atoms in total. The molecule has 0 atom stereocenters. The molecule has 0 amide bonds. The lowest BCUT2D eigenvalue weighted by atomic mass is 10.1. The molecule has 2 aromatic carbocycles. The highest BCUT2D eigenvalue weighted by Gasteiger charge is 2.24. The average Bonchev–Trinajstić information content (AvgIpc) is 3.39. The standard InChI is InChI=1S/C21H21N3O/c1-2-25-18-10-8-15(9-11-18)12-20-23-21-17(13-22)4-3-5-19(21)24(20)14-16-6-7-16/h3-5,8-11,16H,2,6-7,12,14H2,1H3. The molecular formula is C21H21N3O. The Kier molecular flexibility index (Phi) is 4.15. The number of nitriles is 1. The van der Waals surface area contributed by atoms with Crippen LogP contribution in [0.2, 0.25) is 0 Å². The number of aromatic nitrogens is 2. The number of nitrogens with zero attached hydrogens (tertiary/aromatic N) is 3. The van der Waals surface area contributed by atoms with Gasteiger partial charge in [-0.2, -0.15) is 5.26 Å². The number of para-hydroxylation sites is 1. The predicted octanol–water partition coefficient (Wildman–Crippen LogP) is 4.31. The van der Waals surface area contributed by atoms with E-state index in [1.165, 1.54) is 18.4 Å². The Morgan fingerprint density at radius 2 is 2.00 bits per heavy atom. The maximum Gasteiger partial charge on any atom is 0.119 e. The monoisotopic (exact) mass is 331 g/mol. The molecule has 0 radical (unpaired) electrons. The van der Waals surface area contributed by atoms with E-state index in [2.05, 4.69) is 28.8 Å². The summed E-state index contributed by atoms with van der Waals surface area (Å²) in [6.45, 7) is 3.66. The first-order valence-corrected chi connectivity index (χ1v) is 8.88. The highest BCUT2D eigenvalue weighted by Crippen LogP contribution is 2.33. The van der Waals surface area contributed by atoms with E-state index in [0.717, 1.165) is 41.5 Å². The van der Waals surface area contributed by atoms with Crippen LogP contribution >= 0.6 is 0 Å². The van der Waals surface area contributed by atoms with Crippen molar-refractivity contribution in [2.75, 3.05) is 6.61 Å². The molecular weight excluding hydrogens is 310 g/mol. The van der Waals surface area contributed by atoms with E-state index in [-0.39, 0.29) is 0 Å². The molecule has 0 N–H and O–H groups in total. The molecule has 0 bridgehead atoms. The van der Waals surface area contributed by atoms with Crippen molar-refractivity contribution in [1.29, 1.82) is 5.26 Å². The molecule has 0 aliphatic heterocycles. The van der Waals surface area contributed by atoms with E-state index in [1.54, 1.807) is 0 Å². The summed E-state index contributed by atoms with van der Waals surface area (Å²) in [6, 6.07) is 16.3. The molecule has 1 aromatic heterocycles. The van der Waals surface area contributed by atoms with Crippen molar-refractivity contribution in [2.24, 2.45) is 5.92 Å². The van der Waals surface area contributed by atoms with Crippen LogP contribution in [0.3, 0.4) is 0 Å². The van der Waals surface area contributed by atoms with Crippen molar-refractivity contribution in [3.05, 3.63) is 59.4 Å². The molecule has 3 aromatic rings. The Bertz CT molecular complexity index is 930. The average molecular weight is 331 g/mol. The van der Waals surface area contributed by atoms with Gasteiger partial charge in [0.15, 0.2) is 0 Å². The third-order valence-electron chi connectivity index (χ3n) is 4.71. The van der Waals surface area contributed by atoms with Crippen molar-refractivity contribution in [3.63, 3.8) is 0 Å². The summed E-state index contributed by atoms with van der Waals surface area (Å²) in [7, 11) is 0. The van der Waals surface area contributed by atoms with Crippen LogP contribution in [-0.2, 0) is 13.0 Å². The molecule has 0 saturated heterocycles. The summed E-state index contributed by atoms with van der Waals surface area (Å²) in [5.74, 6) is 2.68. The van der Waals surface area contributed by atoms with Gasteiger partial charge < -0.3 is 9.30 Å². The second kappa shape index (κ2) is 6.60. The van der Waals surface area contributed by atoms with Gasteiger partial charge in [0, 0.05) is 13.0 Å². The van der Waals surface area contributed by atoms with E-state index in [1.807, 2.05) is 31.2 Å². The Morgan fingerprint density at radius 1 is 1.20 bits per heavy atom. The maximum absolute atomic E-state index is 9.39. The van der Waals surface area contributed by atoms with Gasteiger partial charge in [-0.05, 0) is 55.5 Å². The summed E-state index contributed by atoms with van der Waals surface area (Å²) in [6.07, 6.45) is 3.35. The van der Waals surface area contributed by atoms with E-state index in [0.29, 0.717) is 12.2 Å². The predicted molar refractivity (Wildman–Crippen MR) is 97.6 cm³/mol. The number of benzene rings is 2. The Balaban J connectivity index is 1.71. The molecule has 1 aliphatic rings. The first-order chi connectivity index (χ1) is 12.3. The second-order valence-corrected chi connectivity index (χ2v) is 6.62. The lowest BCUT2D eigenvalue weighted by Gasteiger charge is -2.09. The van der Waals surface area contributed by atoms with Crippen LogP contribution in [0, 0.1) is 17.2 Å². The SMILES string of the molecule is CCOc1ccc(Cc2nc3c(C#N)cccc3n2CC2CC2)cc1. The van der Waals surface area contributed by atoms with Crippen LogP contribution in [0.4, 0.5) is 0 Å². The van der Waals surface area contributed by atoms with E-state index in [4.69, 9.17) is 9.72 Å². The summed E-state index contributed by atoms with van der Waals surface area (Å²) in [5, 5.41) is 9.39. The van der Waals surface area contributed by atoms with Gasteiger partial charge in [0.1, 0.15) is 23.2 Å². The maximum atomic E-state index is 9.39. The van der Waals surface area contributed by atoms with Crippen LogP contribution < -0.4 is 4.74 Å². The zero-order valence-corrected chi connectivity index (χ0v) is 14.4. The third-order valence-corrected chi connectivity index (χ3v) is 4.71. The van der Waals surface area contributed by atoms with Gasteiger partial charge in [-0.25, -0.2) is 4.98 Å². The summed E-state index contributed by atoms with van der Waals surface area (Å²) in [5.41, 5.74) is 3.76. The molecule has 1 fully saturated rings. The number of ether oxygens (including phenoxy) is 1. The van der Waals surface area contributed by atoms with E-state index < -0.39 is 0 Å². The molecule has 25 heavy (non-hydrogen) atoms. The molecule has 1 saturated carbocycles. The fourth-order valence-corrected chi connectivity index (χ4v) is 3.24. The van der Waals surface area contributed by atoms with Gasteiger partial charge in [0.25, 0.3) is 0 Å². The first-order valence-electron chi connectivity index (χ1n) is 8.88. The number of fused-ring (bicyclic) bond motifs is 1. The lowest BCUT2D eigenvalue weighted by Crippen LogP contribution is -2.06. The molecule has 4 rings (SSSR count). The number of imidazole rings is 1. The molecule has 0 spiro atoms. The van der Waals surface area contributed by atoms with Crippen LogP contribution in [-0.4, -0.2) is 16.2 Å². The smallest absolute Gasteiger partial charge is 0.119 e. The molecule has 126 valence electrons. The molecule has 0 unspecified atom stereocenters. The minimum Gasteiger partial charge on any atom is -0.494 e. The molecule has 4 heteroatoms. The lowest BCUT2D eigenvalue weighted by molar-refractivity contribution is 0.340. The van der Waals surface area contributed by atoms with Gasteiger partial charge in [-0.1, -0.05) is 18.2 Å². The fourth-order valence-electron chi connectivity index (χ4n) is 3.24. The van der Waals surface area contributed by atoms with Crippen molar-refractivity contribution in [1.82, 2.24) is 9.55 Å². The largest absolute Gasteiger partial charge is 0.494 e. The van der Waals surface area contributed by atoms with Crippen LogP contribution in [0.25, 0.3) is 11.0 Å². The van der Waals surface area contributed by atoms with Crippen molar-refractivity contribution < 1.29 is 4.74 Å². The quantitative estimate of drug-likeness (QED) is 0.676. The first kappa shape index (κ1) is 15.7. The number of hydrogen-bond acceptors (Lipinski definition) is 3. The molecule has 1 aliphatic carbocycles. The summed E-state index contributed by atoms with van der Waals surface area (Å²) in [4.78, 5) is 4.83. The minimum atomic E-state index is 0.653. The van der Waals surface area contributed by atoms with Crippen LogP contribution in [0.5, 0.6) is 5.75 Å². The van der Waals surface area contributed by atoms with E-state index in [9.17, 15) is 5.26 Å². The Labute approximate surface area is 147 Å². The van der Waals surface area contributed by atoms with Crippen molar-refractivity contribution >= 4 is 11.0 Å². The Morgan fingerprint density at radius 3 is 2.68 bits per heavy atom.